The first-order chi connectivity index (χ1) is 13.8. The third kappa shape index (κ3) is 3.19. The van der Waals surface area contributed by atoms with Gasteiger partial charge in [-0.2, -0.15) is 0 Å². The van der Waals surface area contributed by atoms with Gasteiger partial charge in [0.25, 0.3) is 0 Å². The summed E-state index contributed by atoms with van der Waals surface area (Å²) in [4.78, 5) is 0. The highest BCUT2D eigenvalue weighted by atomic mass is 14.7. The Labute approximate surface area is 188 Å². The molecule has 172 valence electrons. The van der Waals surface area contributed by atoms with Crippen LogP contribution in [0.1, 0.15) is 126 Å². The van der Waals surface area contributed by atoms with Gasteiger partial charge in [-0.25, -0.2) is 0 Å². The van der Waals surface area contributed by atoms with E-state index in [0.29, 0.717) is 16.2 Å². The Balaban J connectivity index is 0.000000128. The van der Waals surface area contributed by atoms with E-state index in [1.54, 1.807) is 25.7 Å². The number of hydrogen-bond acceptors (Lipinski definition) is 0. The maximum absolute atomic E-state index is 2.61. The van der Waals surface area contributed by atoms with Gasteiger partial charge in [0.05, 0.1) is 0 Å². The molecule has 30 heavy (non-hydrogen) atoms. The van der Waals surface area contributed by atoms with Gasteiger partial charge in [-0.15, -0.1) is 0 Å². The van der Waals surface area contributed by atoms with E-state index in [9.17, 15) is 0 Å². The molecule has 8 saturated carbocycles. The van der Waals surface area contributed by atoms with Crippen LogP contribution in [0.2, 0.25) is 0 Å². The Bertz CT molecular complexity index is 648. The zero-order chi connectivity index (χ0) is 21.7. The minimum atomic E-state index is 0.677. The van der Waals surface area contributed by atoms with Crippen LogP contribution in [0, 0.1) is 62.6 Å². The topological polar surface area (TPSA) is 0 Å². The van der Waals surface area contributed by atoms with Crippen LogP contribution in [-0.4, -0.2) is 0 Å². The lowest BCUT2D eigenvalue weighted by molar-refractivity contribution is -0.162. The minimum absolute atomic E-state index is 0.677. The van der Waals surface area contributed by atoms with Crippen LogP contribution < -0.4 is 0 Å². The van der Waals surface area contributed by atoms with Crippen molar-refractivity contribution in [1.29, 1.82) is 0 Å². The normalized spacial score (nSPS) is 57.8. The van der Waals surface area contributed by atoms with Crippen LogP contribution in [0.15, 0.2) is 0 Å². The van der Waals surface area contributed by atoms with Gasteiger partial charge in [0.2, 0.25) is 0 Å². The first kappa shape index (κ1) is 21.8. The second-order valence-corrected chi connectivity index (χ2v) is 15.8. The third-order valence-corrected chi connectivity index (χ3v) is 12.4. The van der Waals surface area contributed by atoms with Crippen LogP contribution >= 0.6 is 0 Å². The Hall–Kier alpha value is 0. The summed E-state index contributed by atoms with van der Waals surface area (Å²) >= 11 is 0. The predicted octanol–water partition coefficient (Wildman–Crippen LogP) is 9.13. The molecule has 0 radical (unpaired) electrons. The fourth-order valence-electron chi connectivity index (χ4n) is 11.8. The molecule has 0 heterocycles. The molecule has 0 aromatic heterocycles. The molecule has 4 atom stereocenters. The van der Waals surface area contributed by atoms with Crippen molar-refractivity contribution in [2.24, 2.45) is 62.6 Å². The van der Waals surface area contributed by atoms with Crippen molar-refractivity contribution in [2.75, 3.05) is 0 Å². The average molecular weight is 413 g/mol. The van der Waals surface area contributed by atoms with Crippen LogP contribution in [0.25, 0.3) is 0 Å². The van der Waals surface area contributed by atoms with Gasteiger partial charge in [-0.05, 0) is 133 Å². The molecule has 0 aromatic carbocycles. The molecular formula is C30H52. The van der Waals surface area contributed by atoms with E-state index in [0.717, 1.165) is 46.3 Å². The van der Waals surface area contributed by atoms with Crippen molar-refractivity contribution < 1.29 is 0 Å². The summed E-state index contributed by atoms with van der Waals surface area (Å²) in [7, 11) is 0. The quantitative estimate of drug-likeness (QED) is 0.424. The minimum Gasteiger partial charge on any atom is -0.0622 e. The lowest BCUT2D eigenvalue weighted by Gasteiger charge is -2.67. The van der Waals surface area contributed by atoms with Gasteiger partial charge in [0.1, 0.15) is 0 Å². The highest BCUT2D eigenvalue weighted by Gasteiger charge is 2.61. The predicted molar refractivity (Wildman–Crippen MR) is 129 cm³/mol. The van der Waals surface area contributed by atoms with E-state index in [-0.39, 0.29) is 0 Å². The molecular weight excluding hydrogens is 360 g/mol. The first-order valence-electron chi connectivity index (χ1n) is 13.8. The van der Waals surface area contributed by atoms with Crippen molar-refractivity contribution >= 4 is 0 Å². The molecule has 0 spiro atoms. The molecule has 8 bridgehead atoms. The lowest BCUT2D eigenvalue weighted by Crippen LogP contribution is -2.56. The number of hydrogen-bond donors (Lipinski definition) is 0. The Kier molecular flexibility index (Phi) is 4.75. The lowest BCUT2D eigenvalue weighted by atomic mass is 9.38. The van der Waals surface area contributed by atoms with Gasteiger partial charge < -0.3 is 0 Å². The Morgan fingerprint density at radius 2 is 1.03 bits per heavy atom. The standard InChI is InChI=1S/2C15H26/c1-11(2)15-7-12-5-13(3,9-15)8-14(4,6-12)10-15;1-10(2)15(4)12-5-11-6-13(15)9-14(3,7-11)8-12/h11-12H,5-10H2,1-4H3;10-13H,5-9H2,1-4H3. The summed E-state index contributed by atoms with van der Waals surface area (Å²) in [6, 6.07) is 0. The first-order valence-corrected chi connectivity index (χ1v) is 13.8. The van der Waals surface area contributed by atoms with Crippen LogP contribution in [0.5, 0.6) is 0 Å². The fourth-order valence-corrected chi connectivity index (χ4v) is 11.8. The molecule has 4 unspecified atom stereocenters. The summed E-state index contributed by atoms with van der Waals surface area (Å²) in [5.74, 6) is 6.05. The molecule has 0 heteroatoms. The van der Waals surface area contributed by atoms with Crippen molar-refractivity contribution in [2.45, 2.75) is 126 Å². The van der Waals surface area contributed by atoms with Gasteiger partial charge in [0.15, 0.2) is 0 Å². The van der Waals surface area contributed by atoms with E-state index >= 15 is 0 Å². The van der Waals surface area contributed by atoms with E-state index in [4.69, 9.17) is 0 Å². The zero-order valence-electron chi connectivity index (χ0n) is 21.7. The molecule has 0 nitrogen and oxygen atoms in total. The summed E-state index contributed by atoms with van der Waals surface area (Å²) in [6.07, 6.45) is 16.9. The van der Waals surface area contributed by atoms with Crippen LogP contribution in [-0.2, 0) is 0 Å². The van der Waals surface area contributed by atoms with Crippen molar-refractivity contribution in [3.63, 3.8) is 0 Å². The Morgan fingerprint density at radius 3 is 1.43 bits per heavy atom. The van der Waals surface area contributed by atoms with E-state index < -0.39 is 0 Å². The van der Waals surface area contributed by atoms with Crippen LogP contribution in [0.4, 0.5) is 0 Å². The summed E-state index contributed by atoms with van der Waals surface area (Å²) < 4.78 is 0. The summed E-state index contributed by atoms with van der Waals surface area (Å²) in [5.41, 5.74) is 3.56. The summed E-state index contributed by atoms with van der Waals surface area (Å²) in [6.45, 7) is 20.2. The average Bonchev–Trinajstić information content (AvgIpc) is 2.55. The molecule has 0 N–H and O–H groups in total. The van der Waals surface area contributed by atoms with Crippen molar-refractivity contribution in [1.82, 2.24) is 0 Å². The Morgan fingerprint density at radius 1 is 0.533 bits per heavy atom. The van der Waals surface area contributed by atoms with Gasteiger partial charge in [-0.1, -0.05) is 55.4 Å². The van der Waals surface area contributed by atoms with E-state index in [1.807, 2.05) is 0 Å². The molecule has 8 aliphatic carbocycles. The fraction of sp³-hybridized carbons (Fsp3) is 1.00. The summed E-state index contributed by atoms with van der Waals surface area (Å²) in [5, 5.41) is 0. The highest BCUT2D eigenvalue weighted by molar-refractivity contribution is 5.11. The monoisotopic (exact) mass is 412 g/mol. The molecule has 8 rings (SSSR count). The highest BCUT2D eigenvalue weighted by Crippen LogP contribution is 2.71. The largest absolute Gasteiger partial charge is 0.0622 e. The van der Waals surface area contributed by atoms with E-state index in [1.165, 1.54) is 44.9 Å². The maximum Gasteiger partial charge on any atom is -0.0246 e. The second kappa shape index (κ2) is 6.53. The van der Waals surface area contributed by atoms with Crippen molar-refractivity contribution in [3.8, 4) is 0 Å². The van der Waals surface area contributed by atoms with Crippen molar-refractivity contribution in [3.05, 3.63) is 0 Å². The molecule has 8 aliphatic rings. The SMILES string of the molecule is CC(C)C1(C)C2CC3CC1CC(C)(C3)C2.CC(C)C12CC3CC(C)(CC(C)(C3)C1)C2. The van der Waals surface area contributed by atoms with Gasteiger partial charge in [0, 0.05) is 0 Å². The third-order valence-electron chi connectivity index (χ3n) is 12.4. The van der Waals surface area contributed by atoms with Crippen LogP contribution in [0.3, 0.4) is 0 Å². The maximum atomic E-state index is 2.61. The van der Waals surface area contributed by atoms with Gasteiger partial charge >= 0.3 is 0 Å². The molecule has 8 fully saturated rings. The second-order valence-electron chi connectivity index (χ2n) is 15.8. The zero-order valence-corrected chi connectivity index (χ0v) is 21.7. The molecule has 0 saturated heterocycles. The number of rotatable bonds is 2. The van der Waals surface area contributed by atoms with Gasteiger partial charge in [-0.3, -0.25) is 0 Å². The van der Waals surface area contributed by atoms with E-state index in [2.05, 4.69) is 55.4 Å². The smallest absolute Gasteiger partial charge is 0.0246 e. The molecule has 0 amide bonds. The molecule has 0 aliphatic heterocycles. The molecule has 0 aromatic rings.